The second-order valence-electron chi connectivity index (χ2n) is 7.47. The van der Waals surface area contributed by atoms with E-state index in [-0.39, 0.29) is 11.0 Å². The number of aromatic nitrogens is 2. The van der Waals surface area contributed by atoms with Crippen molar-refractivity contribution < 1.29 is 9.47 Å². The number of hydrogen-bond donors (Lipinski definition) is 0. The number of ether oxygens (including phenoxy) is 2. The van der Waals surface area contributed by atoms with Crippen LogP contribution in [-0.4, -0.2) is 22.8 Å². The van der Waals surface area contributed by atoms with Crippen molar-refractivity contribution in [3.63, 3.8) is 0 Å². The molecule has 0 unspecified atom stereocenters. The van der Waals surface area contributed by atoms with Gasteiger partial charge in [0.05, 0.1) is 29.8 Å². The van der Waals surface area contributed by atoms with E-state index in [0.717, 1.165) is 11.3 Å². The fourth-order valence-electron chi connectivity index (χ4n) is 3.61. The van der Waals surface area contributed by atoms with Crippen molar-refractivity contribution in [3.8, 4) is 5.69 Å². The highest BCUT2D eigenvalue weighted by molar-refractivity contribution is 5.78. The maximum atomic E-state index is 13.1. The van der Waals surface area contributed by atoms with Crippen molar-refractivity contribution in [2.75, 3.05) is 13.2 Å². The molecule has 1 aromatic heterocycles. The summed E-state index contributed by atoms with van der Waals surface area (Å²) in [7, 11) is 0. The zero-order chi connectivity index (χ0) is 17.2. The Kier molecular flexibility index (Phi) is 2.83. The summed E-state index contributed by atoms with van der Waals surface area (Å²) in [6.07, 6.45) is 0. The summed E-state index contributed by atoms with van der Waals surface area (Å²) < 4.78 is 14.1. The van der Waals surface area contributed by atoms with Gasteiger partial charge in [-0.15, -0.1) is 0 Å². The van der Waals surface area contributed by atoms with Crippen LogP contribution in [0.15, 0.2) is 53.3 Å². The molecule has 2 aromatic carbocycles. The molecule has 0 N–H and O–H groups in total. The molecule has 1 spiro atoms. The third kappa shape index (κ3) is 1.91. The van der Waals surface area contributed by atoms with E-state index in [4.69, 9.17) is 14.5 Å². The van der Waals surface area contributed by atoms with Gasteiger partial charge in [0, 0.05) is 11.0 Å². The fourth-order valence-corrected chi connectivity index (χ4v) is 3.61. The first-order valence-corrected chi connectivity index (χ1v) is 8.42. The topological polar surface area (TPSA) is 53.4 Å². The smallest absolute Gasteiger partial charge is 0.266 e. The molecular formula is C20H18N2O3. The number of rotatable bonds is 0. The van der Waals surface area contributed by atoms with Crippen molar-refractivity contribution in [1.82, 2.24) is 9.55 Å². The van der Waals surface area contributed by atoms with Crippen molar-refractivity contribution in [2.24, 2.45) is 5.41 Å². The van der Waals surface area contributed by atoms with Crippen LogP contribution in [0.5, 0.6) is 0 Å². The van der Waals surface area contributed by atoms with Crippen LogP contribution < -0.4 is 5.56 Å². The van der Waals surface area contributed by atoms with E-state index in [1.54, 1.807) is 10.6 Å². The SMILES string of the molecule is CC1(C)COC2(OC1)c1ccccc1-n1c2nc2ccccc2c1=O. The molecule has 3 heterocycles. The molecule has 0 saturated carbocycles. The summed E-state index contributed by atoms with van der Waals surface area (Å²) in [5, 5.41) is 0.592. The van der Waals surface area contributed by atoms with Gasteiger partial charge < -0.3 is 9.47 Å². The summed E-state index contributed by atoms with van der Waals surface area (Å²) in [5.41, 5.74) is 2.10. The third-order valence-corrected chi connectivity index (χ3v) is 4.90. The molecule has 0 aliphatic carbocycles. The monoisotopic (exact) mass is 334 g/mol. The maximum absolute atomic E-state index is 13.1. The molecule has 0 amide bonds. The first kappa shape index (κ1) is 14.8. The lowest BCUT2D eigenvalue weighted by Crippen LogP contribution is -2.46. The van der Waals surface area contributed by atoms with E-state index in [9.17, 15) is 4.79 Å². The van der Waals surface area contributed by atoms with Crippen LogP contribution in [0, 0.1) is 5.41 Å². The zero-order valence-corrected chi connectivity index (χ0v) is 14.2. The Labute approximate surface area is 144 Å². The van der Waals surface area contributed by atoms with Gasteiger partial charge in [-0.2, -0.15) is 0 Å². The molecule has 5 rings (SSSR count). The van der Waals surface area contributed by atoms with E-state index < -0.39 is 5.79 Å². The van der Waals surface area contributed by atoms with E-state index in [0.29, 0.717) is 29.9 Å². The van der Waals surface area contributed by atoms with Gasteiger partial charge in [-0.1, -0.05) is 44.2 Å². The van der Waals surface area contributed by atoms with Crippen molar-refractivity contribution >= 4 is 10.9 Å². The van der Waals surface area contributed by atoms with Gasteiger partial charge in [-0.3, -0.25) is 9.36 Å². The minimum Gasteiger partial charge on any atom is -0.339 e. The van der Waals surface area contributed by atoms with Gasteiger partial charge in [0.1, 0.15) is 0 Å². The second-order valence-corrected chi connectivity index (χ2v) is 7.47. The van der Waals surface area contributed by atoms with Gasteiger partial charge in [-0.05, 0) is 18.2 Å². The molecule has 2 aliphatic rings. The second kappa shape index (κ2) is 4.77. The third-order valence-electron chi connectivity index (χ3n) is 4.90. The fraction of sp³-hybridized carbons (Fsp3) is 0.300. The van der Waals surface area contributed by atoms with E-state index in [2.05, 4.69) is 13.8 Å². The van der Waals surface area contributed by atoms with Crippen LogP contribution in [0.4, 0.5) is 0 Å². The Morgan fingerprint density at radius 3 is 2.48 bits per heavy atom. The minimum absolute atomic E-state index is 0.0786. The van der Waals surface area contributed by atoms with Crippen molar-refractivity contribution in [2.45, 2.75) is 19.6 Å². The average Bonchev–Trinajstić information content (AvgIpc) is 2.89. The molecule has 1 fully saturated rings. The predicted molar refractivity (Wildman–Crippen MR) is 93.8 cm³/mol. The van der Waals surface area contributed by atoms with Crippen LogP contribution in [0.25, 0.3) is 16.6 Å². The molecule has 1 saturated heterocycles. The highest BCUT2D eigenvalue weighted by Crippen LogP contribution is 2.47. The highest BCUT2D eigenvalue weighted by Gasteiger charge is 2.52. The van der Waals surface area contributed by atoms with Crippen LogP contribution in [0.1, 0.15) is 25.2 Å². The summed E-state index contributed by atoms with van der Waals surface area (Å²) in [4.78, 5) is 17.9. The van der Waals surface area contributed by atoms with E-state index in [1.807, 2.05) is 42.5 Å². The molecule has 5 heteroatoms. The minimum atomic E-state index is -1.12. The normalized spacial score (nSPS) is 19.8. The van der Waals surface area contributed by atoms with Crippen molar-refractivity contribution in [1.29, 1.82) is 0 Å². The Bertz CT molecular complexity index is 1060. The Morgan fingerprint density at radius 1 is 1.00 bits per heavy atom. The zero-order valence-electron chi connectivity index (χ0n) is 14.2. The largest absolute Gasteiger partial charge is 0.339 e. The Morgan fingerprint density at radius 2 is 1.68 bits per heavy atom. The lowest BCUT2D eigenvalue weighted by Gasteiger charge is -2.41. The van der Waals surface area contributed by atoms with Crippen LogP contribution in [0.2, 0.25) is 0 Å². The summed E-state index contributed by atoms with van der Waals surface area (Å²) in [6, 6.07) is 15.1. The number of fused-ring (bicyclic) bond motifs is 6. The number of hydrogen-bond acceptors (Lipinski definition) is 4. The lowest BCUT2D eigenvalue weighted by atomic mass is 9.93. The number of benzene rings is 2. The number of nitrogens with zero attached hydrogens (tertiary/aromatic N) is 2. The quantitative estimate of drug-likeness (QED) is 0.634. The summed E-state index contributed by atoms with van der Waals surface area (Å²) in [5.74, 6) is -0.608. The first-order chi connectivity index (χ1) is 12.0. The highest BCUT2D eigenvalue weighted by atomic mass is 16.7. The maximum Gasteiger partial charge on any atom is 0.266 e. The lowest BCUT2D eigenvalue weighted by molar-refractivity contribution is -0.285. The molecule has 0 atom stereocenters. The Balaban J connectivity index is 1.86. The summed E-state index contributed by atoms with van der Waals surface area (Å²) in [6.45, 7) is 5.26. The molecule has 25 heavy (non-hydrogen) atoms. The van der Waals surface area contributed by atoms with Gasteiger partial charge in [0.25, 0.3) is 11.3 Å². The first-order valence-electron chi connectivity index (χ1n) is 8.42. The number of para-hydroxylation sites is 2. The molecule has 3 aromatic rings. The van der Waals surface area contributed by atoms with E-state index >= 15 is 0 Å². The molecular weight excluding hydrogens is 316 g/mol. The van der Waals surface area contributed by atoms with Gasteiger partial charge in [-0.25, -0.2) is 4.98 Å². The van der Waals surface area contributed by atoms with Gasteiger partial charge in [0.15, 0.2) is 5.82 Å². The van der Waals surface area contributed by atoms with Crippen molar-refractivity contribution in [3.05, 3.63) is 70.3 Å². The molecule has 0 radical (unpaired) electrons. The van der Waals surface area contributed by atoms with E-state index in [1.165, 1.54) is 0 Å². The molecule has 0 bridgehead atoms. The summed E-state index contributed by atoms with van der Waals surface area (Å²) >= 11 is 0. The standard InChI is InChI=1S/C20H18N2O3/c1-19(2)11-24-20(25-12-19)14-8-4-6-10-16(14)22-17(23)13-7-3-5-9-15(13)21-18(20)22/h3-10H,11-12H2,1-2H3. The predicted octanol–water partition coefficient (Wildman–Crippen LogP) is 2.97. The Hall–Kier alpha value is -2.50. The molecule has 5 nitrogen and oxygen atoms in total. The molecule has 126 valence electrons. The van der Waals surface area contributed by atoms with Crippen LogP contribution in [-0.2, 0) is 15.3 Å². The van der Waals surface area contributed by atoms with Crippen LogP contribution in [0.3, 0.4) is 0 Å². The van der Waals surface area contributed by atoms with Gasteiger partial charge >= 0.3 is 0 Å². The van der Waals surface area contributed by atoms with Crippen LogP contribution >= 0.6 is 0 Å². The molecule has 2 aliphatic heterocycles. The average molecular weight is 334 g/mol. The van der Waals surface area contributed by atoms with Gasteiger partial charge in [0.2, 0.25) is 0 Å².